The van der Waals surface area contributed by atoms with E-state index >= 15 is 0 Å². The number of benzene rings is 2. The van der Waals surface area contributed by atoms with E-state index in [0.717, 1.165) is 44.2 Å². The van der Waals surface area contributed by atoms with Crippen molar-refractivity contribution in [3.05, 3.63) is 48.0 Å². The monoisotopic (exact) mass is 526 g/mol. The molecule has 0 unspecified atom stereocenters. The fourth-order valence-corrected chi connectivity index (χ4v) is 3.45. The number of nitrogens with one attached hydrogen (secondary N) is 1. The number of piperazine rings is 1. The van der Waals surface area contributed by atoms with Crippen LogP contribution < -0.4 is 19.7 Å². The summed E-state index contributed by atoms with van der Waals surface area (Å²) >= 11 is 0. The standard InChI is InChI=1S/C22H30N4O3.HI/c1-4-23-22(24-16-17-14-19(28-2)21(27)20(15-17)29-3)26-12-10-25(11-13-26)18-8-6-5-7-9-18;/h5-9,14-15,27H,4,10-13,16H2,1-3H3,(H,23,24);1H. The van der Waals surface area contributed by atoms with Gasteiger partial charge in [0.15, 0.2) is 17.5 Å². The third-order valence-electron chi connectivity index (χ3n) is 4.99. The summed E-state index contributed by atoms with van der Waals surface area (Å²) in [4.78, 5) is 9.49. The summed E-state index contributed by atoms with van der Waals surface area (Å²) in [5.74, 6) is 1.67. The Bertz CT molecular complexity index is 799. The van der Waals surface area contributed by atoms with Crippen molar-refractivity contribution in [2.75, 3.05) is 51.8 Å². The van der Waals surface area contributed by atoms with Gasteiger partial charge >= 0.3 is 0 Å². The van der Waals surface area contributed by atoms with Crippen LogP contribution in [0.15, 0.2) is 47.5 Å². The number of nitrogens with zero attached hydrogens (tertiary/aromatic N) is 3. The minimum absolute atomic E-state index is 0. The number of anilines is 1. The predicted octanol–water partition coefficient (Wildman–Crippen LogP) is 3.32. The maximum absolute atomic E-state index is 10.1. The number of ether oxygens (including phenoxy) is 2. The number of phenolic OH excluding ortho intramolecular Hbond substituents is 1. The van der Waals surface area contributed by atoms with Crippen molar-refractivity contribution in [1.82, 2.24) is 10.2 Å². The Balaban J connectivity index is 0.00000320. The van der Waals surface area contributed by atoms with Gasteiger partial charge in [0.2, 0.25) is 5.75 Å². The van der Waals surface area contributed by atoms with Gasteiger partial charge in [-0.1, -0.05) is 18.2 Å². The highest BCUT2D eigenvalue weighted by atomic mass is 127. The third-order valence-corrected chi connectivity index (χ3v) is 4.99. The molecule has 164 valence electrons. The topological polar surface area (TPSA) is 69.6 Å². The van der Waals surface area contributed by atoms with Crippen LogP contribution in [-0.4, -0.2) is 62.9 Å². The highest BCUT2D eigenvalue weighted by Gasteiger charge is 2.20. The lowest BCUT2D eigenvalue weighted by Gasteiger charge is -2.37. The molecular weight excluding hydrogens is 495 g/mol. The number of rotatable bonds is 6. The summed E-state index contributed by atoms with van der Waals surface area (Å²) in [7, 11) is 3.05. The lowest BCUT2D eigenvalue weighted by atomic mass is 10.2. The summed E-state index contributed by atoms with van der Waals surface area (Å²) in [6.45, 7) is 7.06. The molecule has 7 nitrogen and oxygen atoms in total. The minimum Gasteiger partial charge on any atom is -0.502 e. The number of hydrogen-bond acceptors (Lipinski definition) is 5. The molecular formula is C22H31IN4O3. The zero-order valence-corrected chi connectivity index (χ0v) is 20.1. The van der Waals surface area contributed by atoms with Crippen LogP contribution in [0.3, 0.4) is 0 Å². The molecule has 2 aromatic carbocycles. The molecule has 8 heteroatoms. The van der Waals surface area contributed by atoms with Gasteiger partial charge in [0.25, 0.3) is 0 Å². The van der Waals surface area contributed by atoms with Crippen molar-refractivity contribution >= 4 is 35.6 Å². The van der Waals surface area contributed by atoms with E-state index in [9.17, 15) is 5.11 Å². The Kier molecular flexibility index (Phi) is 9.35. The highest BCUT2D eigenvalue weighted by Crippen LogP contribution is 2.37. The van der Waals surface area contributed by atoms with E-state index in [2.05, 4.69) is 46.3 Å². The van der Waals surface area contributed by atoms with Gasteiger partial charge in [0, 0.05) is 38.4 Å². The van der Waals surface area contributed by atoms with E-state index in [4.69, 9.17) is 14.5 Å². The first-order chi connectivity index (χ1) is 14.2. The molecule has 3 rings (SSSR count). The van der Waals surface area contributed by atoms with E-state index in [0.29, 0.717) is 18.0 Å². The molecule has 0 atom stereocenters. The number of halogens is 1. The molecule has 1 fully saturated rings. The van der Waals surface area contributed by atoms with E-state index < -0.39 is 0 Å². The first-order valence-corrected chi connectivity index (χ1v) is 9.93. The Morgan fingerprint density at radius 3 is 2.17 bits per heavy atom. The van der Waals surface area contributed by atoms with E-state index in [1.54, 1.807) is 12.1 Å². The van der Waals surface area contributed by atoms with Gasteiger partial charge in [-0.2, -0.15) is 0 Å². The van der Waals surface area contributed by atoms with Crippen LogP contribution in [0, 0.1) is 0 Å². The van der Waals surface area contributed by atoms with Crippen LogP contribution in [0.4, 0.5) is 5.69 Å². The molecule has 1 heterocycles. The highest BCUT2D eigenvalue weighted by molar-refractivity contribution is 14.0. The summed E-state index contributed by atoms with van der Waals surface area (Å²) in [6.07, 6.45) is 0. The van der Waals surface area contributed by atoms with Gasteiger partial charge in [-0.3, -0.25) is 0 Å². The Hall–Kier alpha value is -2.36. The normalized spacial score (nSPS) is 14.2. The molecule has 0 amide bonds. The van der Waals surface area contributed by atoms with Crippen molar-refractivity contribution in [1.29, 1.82) is 0 Å². The molecule has 1 saturated heterocycles. The minimum atomic E-state index is 0. The van der Waals surface area contributed by atoms with Gasteiger partial charge in [-0.15, -0.1) is 24.0 Å². The van der Waals surface area contributed by atoms with Crippen LogP contribution in [0.2, 0.25) is 0 Å². The molecule has 0 aliphatic carbocycles. The summed E-state index contributed by atoms with van der Waals surface area (Å²) in [6, 6.07) is 14.1. The maximum atomic E-state index is 10.1. The van der Waals surface area contributed by atoms with Crippen LogP contribution in [-0.2, 0) is 6.54 Å². The van der Waals surface area contributed by atoms with Crippen LogP contribution in [0.1, 0.15) is 12.5 Å². The molecule has 2 aromatic rings. The number of hydrogen-bond donors (Lipinski definition) is 2. The smallest absolute Gasteiger partial charge is 0.200 e. The van der Waals surface area contributed by atoms with Crippen molar-refractivity contribution in [3.8, 4) is 17.2 Å². The molecule has 1 aliphatic rings. The van der Waals surface area contributed by atoms with Crippen LogP contribution >= 0.6 is 24.0 Å². The second-order valence-electron chi connectivity index (χ2n) is 6.83. The average Bonchev–Trinajstić information content (AvgIpc) is 2.78. The third kappa shape index (κ3) is 5.84. The van der Waals surface area contributed by atoms with Crippen molar-refractivity contribution in [2.24, 2.45) is 4.99 Å². The van der Waals surface area contributed by atoms with Crippen molar-refractivity contribution in [2.45, 2.75) is 13.5 Å². The summed E-state index contributed by atoms with van der Waals surface area (Å²) in [5, 5.41) is 13.5. The number of guanidine groups is 1. The predicted molar refractivity (Wildman–Crippen MR) is 132 cm³/mol. The zero-order chi connectivity index (χ0) is 20.6. The molecule has 30 heavy (non-hydrogen) atoms. The fourth-order valence-electron chi connectivity index (χ4n) is 3.45. The summed E-state index contributed by atoms with van der Waals surface area (Å²) < 4.78 is 10.5. The molecule has 0 saturated carbocycles. The van der Waals surface area contributed by atoms with Crippen molar-refractivity contribution < 1.29 is 14.6 Å². The average molecular weight is 526 g/mol. The first kappa shape index (κ1) is 23.9. The van der Waals surface area contributed by atoms with Gasteiger partial charge in [-0.25, -0.2) is 4.99 Å². The molecule has 1 aliphatic heterocycles. The molecule has 0 spiro atoms. The fraction of sp³-hybridized carbons (Fsp3) is 0.409. The Morgan fingerprint density at radius 2 is 1.63 bits per heavy atom. The molecule has 0 bridgehead atoms. The number of methoxy groups -OCH3 is 2. The SMILES string of the molecule is CCNC(=NCc1cc(OC)c(O)c(OC)c1)N1CCN(c2ccccc2)CC1.I. The van der Waals surface area contributed by atoms with E-state index in [1.165, 1.54) is 19.9 Å². The number of para-hydroxylation sites is 1. The Morgan fingerprint density at radius 1 is 1.03 bits per heavy atom. The lowest BCUT2D eigenvalue weighted by Crippen LogP contribution is -2.52. The van der Waals surface area contributed by atoms with Gasteiger partial charge in [-0.05, 0) is 36.8 Å². The maximum Gasteiger partial charge on any atom is 0.200 e. The second kappa shape index (κ2) is 11.7. The zero-order valence-electron chi connectivity index (χ0n) is 17.8. The van der Waals surface area contributed by atoms with Gasteiger partial charge in [0.05, 0.1) is 20.8 Å². The number of phenols is 1. The molecule has 0 aromatic heterocycles. The van der Waals surface area contributed by atoms with Crippen LogP contribution in [0.25, 0.3) is 0 Å². The van der Waals surface area contributed by atoms with Crippen molar-refractivity contribution in [3.63, 3.8) is 0 Å². The Labute approximate surface area is 195 Å². The lowest BCUT2D eigenvalue weighted by molar-refractivity contribution is 0.339. The van der Waals surface area contributed by atoms with E-state index in [1.807, 2.05) is 6.07 Å². The first-order valence-electron chi connectivity index (χ1n) is 9.93. The van der Waals surface area contributed by atoms with Gasteiger partial charge in [0.1, 0.15) is 0 Å². The number of aromatic hydroxyl groups is 1. The van der Waals surface area contributed by atoms with Gasteiger partial charge < -0.3 is 29.7 Å². The molecule has 2 N–H and O–H groups in total. The van der Waals surface area contributed by atoms with E-state index in [-0.39, 0.29) is 29.7 Å². The van der Waals surface area contributed by atoms with Crippen LogP contribution in [0.5, 0.6) is 17.2 Å². The quantitative estimate of drug-likeness (QED) is 0.342. The number of aliphatic imine (C=N–C) groups is 1. The summed E-state index contributed by atoms with van der Waals surface area (Å²) in [5.41, 5.74) is 2.17. The second-order valence-corrected chi connectivity index (χ2v) is 6.83. The molecule has 0 radical (unpaired) electrons. The largest absolute Gasteiger partial charge is 0.502 e.